The largest absolute Gasteiger partial charge is 0.351 e. The maximum atomic E-state index is 11.7. The van der Waals surface area contributed by atoms with Crippen LogP contribution in [-0.2, 0) is 18.4 Å². The van der Waals surface area contributed by atoms with Gasteiger partial charge in [0.05, 0.1) is 5.75 Å². The van der Waals surface area contributed by atoms with E-state index in [1.165, 1.54) is 11.8 Å². The molecule has 0 spiro atoms. The van der Waals surface area contributed by atoms with E-state index in [4.69, 9.17) is 0 Å². The van der Waals surface area contributed by atoms with Gasteiger partial charge in [-0.3, -0.25) is 4.79 Å². The maximum Gasteiger partial charge on any atom is 0.230 e. The second-order valence-corrected chi connectivity index (χ2v) is 4.81. The number of imidazole rings is 1. The smallest absolute Gasteiger partial charge is 0.230 e. The van der Waals surface area contributed by atoms with Crippen LogP contribution < -0.4 is 5.32 Å². The Morgan fingerprint density at radius 1 is 1.39 bits per heavy atom. The Morgan fingerprint density at radius 2 is 2.17 bits per heavy atom. The molecular formula is C13H15N3OS. The summed E-state index contributed by atoms with van der Waals surface area (Å²) in [6, 6.07) is 9.87. The van der Waals surface area contributed by atoms with Crippen LogP contribution in [0.1, 0.15) is 5.56 Å². The fraction of sp³-hybridized carbons (Fsp3) is 0.231. The summed E-state index contributed by atoms with van der Waals surface area (Å²) in [5.74, 6) is 0.407. The van der Waals surface area contributed by atoms with Crippen molar-refractivity contribution in [1.82, 2.24) is 14.9 Å². The van der Waals surface area contributed by atoms with Crippen molar-refractivity contribution in [3.05, 3.63) is 48.3 Å². The molecule has 5 heteroatoms. The number of carbonyl (C=O) groups excluding carboxylic acids is 1. The summed E-state index contributed by atoms with van der Waals surface area (Å²) in [5.41, 5.74) is 1.10. The van der Waals surface area contributed by atoms with Crippen LogP contribution >= 0.6 is 11.8 Å². The first kappa shape index (κ1) is 12.7. The number of hydrogen-bond acceptors (Lipinski definition) is 3. The third-order valence-corrected chi connectivity index (χ3v) is 3.50. The second kappa shape index (κ2) is 6.26. The zero-order valence-electron chi connectivity index (χ0n) is 10.2. The quantitative estimate of drug-likeness (QED) is 0.835. The molecule has 2 aromatic rings. The summed E-state index contributed by atoms with van der Waals surface area (Å²) < 4.78 is 1.90. The van der Waals surface area contributed by atoms with Gasteiger partial charge in [-0.15, -0.1) is 0 Å². The molecule has 1 N–H and O–H groups in total. The van der Waals surface area contributed by atoms with Gasteiger partial charge in [-0.2, -0.15) is 0 Å². The predicted molar refractivity (Wildman–Crippen MR) is 72.2 cm³/mol. The SMILES string of the molecule is Cn1ccnc1SCC(=O)NCc1ccccc1. The highest BCUT2D eigenvalue weighted by Crippen LogP contribution is 2.13. The summed E-state index contributed by atoms with van der Waals surface area (Å²) in [4.78, 5) is 15.8. The molecule has 0 unspecified atom stereocenters. The average Bonchev–Trinajstić information content (AvgIpc) is 2.81. The Bertz CT molecular complexity index is 510. The normalized spacial score (nSPS) is 10.3. The first-order valence-electron chi connectivity index (χ1n) is 5.66. The Balaban J connectivity index is 1.75. The van der Waals surface area contributed by atoms with Crippen molar-refractivity contribution >= 4 is 17.7 Å². The van der Waals surface area contributed by atoms with Gasteiger partial charge in [0.2, 0.25) is 5.91 Å². The fourth-order valence-electron chi connectivity index (χ4n) is 1.47. The van der Waals surface area contributed by atoms with Gasteiger partial charge >= 0.3 is 0 Å². The molecule has 0 saturated carbocycles. The molecule has 1 aromatic carbocycles. The topological polar surface area (TPSA) is 46.9 Å². The molecule has 0 saturated heterocycles. The van der Waals surface area contributed by atoms with E-state index < -0.39 is 0 Å². The number of amides is 1. The molecule has 94 valence electrons. The minimum atomic E-state index is 0.0202. The molecule has 0 aliphatic heterocycles. The van der Waals surface area contributed by atoms with Crippen LogP contribution in [0, 0.1) is 0 Å². The number of rotatable bonds is 5. The molecule has 0 radical (unpaired) electrons. The van der Waals surface area contributed by atoms with E-state index in [2.05, 4.69) is 10.3 Å². The number of aromatic nitrogens is 2. The van der Waals surface area contributed by atoms with Crippen molar-refractivity contribution in [2.24, 2.45) is 7.05 Å². The summed E-state index contributed by atoms with van der Waals surface area (Å²) >= 11 is 1.44. The van der Waals surface area contributed by atoms with E-state index in [0.29, 0.717) is 12.3 Å². The molecule has 0 atom stereocenters. The van der Waals surface area contributed by atoms with Gasteiger partial charge in [0.15, 0.2) is 5.16 Å². The van der Waals surface area contributed by atoms with Crippen LogP contribution in [0.3, 0.4) is 0 Å². The highest BCUT2D eigenvalue weighted by Gasteiger charge is 2.05. The van der Waals surface area contributed by atoms with Gasteiger partial charge in [-0.25, -0.2) is 4.98 Å². The molecule has 0 aliphatic carbocycles. The van der Waals surface area contributed by atoms with Gasteiger partial charge < -0.3 is 9.88 Å². The Hall–Kier alpha value is -1.75. The van der Waals surface area contributed by atoms with Crippen molar-refractivity contribution in [3.8, 4) is 0 Å². The van der Waals surface area contributed by atoms with Crippen LogP contribution in [0.15, 0.2) is 47.9 Å². The van der Waals surface area contributed by atoms with Crippen molar-refractivity contribution in [2.45, 2.75) is 11.7 Å². The number of hydrogen-bond donors (Lipinski definition) is 1. The van der Waals surface area contributed by atoms with Crippen LogP contribution in [0.5, 0.6) is 0 Å². The first-order valence-corrected chi connectivity index (χ1v) is 6.65. The lowest BCUT2D eigenvalue weighted by molar-refractivity contribution is -0.118. The average molecular weight is 261 g/mol. The standard InChI is InChI=1S/C13H15N3OS/c1-16-8-7-14-13(16)18-10-12(17)15-9-11-5-3-2-4-6-11/h2-8H,9-10H2,1H3,(H,15,17). The minimum absolute atomic E-state index is 0.0202. The maximum absolute atomic E-state index is 11.7. The van der Waals surface area contributed by atoms with Gasteiger partial charge in [0.25, 0.3) is 0 Å². The van der Waals surface area contributed by atoms with Crippen molar-refractivity contribution in [1.29, 1.82) is 0 Å². The predicted octanol–water partition coefficient (Wildman–Crippen LogP) is 1.83. The third kappa shape index (κ3) is 3.63. The lowest BCUT2D eigenvalue weighted by atomic mass is 10.2. The van der Waals surface area contributed by atoms with Gasteiger partial charge in [0.1, 0.15) is 0 Å². The van der Waals surface area contributed by atoms with Gasteiger partial charge in [-0.05, 0) is 5.56 Å². The number of nitrogens with zero attached hydrogens (tertiary/aromatic N) is 2. The first-order chi connectivity index (χ1) is 8.75. The number of aryl methyl sites for hydroxylation is 1. The highest BCUT2D eigenvalue weighted by atomic mass is 32.2. The van der Waals surface area contributed by atoms with Crippen LogP contribution in [0.2, 0.25) is 0 Å². The van der Waals surface area contributed by atoms with Crippen molar-refractivity contribution in [2.75, 3.05) is 5.75 Å². The molecule has 0 bridgehead atoms. The monoisotopic (exact) mass is 261 g/mol. The van der Waals surface area contributed by atoms with Crippen molar-refractivity contribution < 1.29 is 4.79 Å². The van der Waals surface area contributed by atoms with E-state index >= 15 is 0 Å². The third-order valence-electron chi connectivity index (χ3n) is 2.44. The molecule has 0 aliphatic rings. The van der Waals surface area contributed by atoms with E-state index in [1.807, 2.05) is 48.1 Å². The van der Waals surface area contributed by atoms with E-state index in [9.17, 15) is 4.79 Å². The van der Waals surface area contributed by atoms with Crippen LogP contribution in [-0.4, -0.2) is 21.2 Å². The van der Waals surface area contributed by atoms with E-state index in [0.717, 1.165) is 10.7 Å². The number of thioether (sulfide) groups is 1. The molecule has 1 aromatic heterocycles. The highest BCUT2D eigenvalue weighted by molar-refractivity contribution is 7.99. The lowest BCUT2D eigenvalue weighted by Gasteiger charge is -2.05. The number of nitrogens with one attached hydrogen (secondary N) is 1. The van der Waals surface area contributed by atoms with Crippen LogP contribution in [0.25, 0.3) is 0 Å². The van der Waals surface area contributed by atoms with Crippen molar-refractivity contribution in [3.63, 3.8) is 0 Å². The van der Waals surface area contributed by atoms with Gasteiger partial charge in [0, 0.05) is 26.0 Å². The number of carbonyl (C=O) groups is 1. The Kier molecular flexibility index (Phi) is 4.41. The zero-order valence-corrected chi connectivity index (χ0v) is 11.0. The molecular weight excluding hydrogens is 246 g/mol. The van der Waals surface area contributed by atoms with E-state index in [-0.39, 0.29) is 5.91 Å². The summed E-state index contributed by atoms with van der Waals surface area (Å²) in [5, 5.41) is 3.74. The molecule has 0 fully saturated rings. The minimum Gasteiger partial charge on any atom is -0.351 e. The van der Waals surface area contributed by atoms with Gasteiger partial charge in [-0.1, -0.05) is 42.1 Å². The second-order valence-electron chi connectivity index (χ2n) is 3.87. The molecule has 2 rings (SSSR count). The lowest BCUT2D eigenvalue weighted by Crippen LogP contribution is -2.24. The Morgan fingerprint density at radius 3 is 2.83 bits per heavy atom. The summed E-state index contributed by atoms with van der Waals surface area (Å²) in [6.45, 7) is 0.570. The van der Waals surface area contributed by atoms with Crippen LogP contribution in [0.4, 0.5) is 0 Å². The number of benzene rings is 1. The Labute approximate surface area is 110 Å². The fourth-order valence-corrected chi connectivity index (χ4v) is 2.23. The molecule has 18 heavy (non-hydrogen) atoms. The molecule has 1 amide bonds. The molecule has 4 nitrogen and oxygen atoms in total. The summed E-state index contributed by atoms with van der Waals surface area (Å²) in [7, 11) is 1.91. The zero-order chi connectivity index (χ0) is 12.8. The molecule has 1 heterocycles. The summed E-state index contributed by atoms with van der Waals surface area (Å²) in [6.07, 6.45) is 3.59. The van der Waals surface area contributed by atoms with E-state index in [1.54, 1.807) is 6.20 Å².